The molecule has 0 saturated carbocycles. The Morgan fingerprint density at radius 3 is 2.27 bits per heavy atom. The molecule has 84 valence electrons. The van der Waals surface area contributed by atoms with Gasteiger partial charge in [0.25, 0.3) is 0 Å². The van der Waals surface area contributed by atoms with Gasteiger partial charge < -0.3 is 10.5 Å². The Labute approximate surface area is 96.2 Å². The maximum atomic E-state index is 5.73. The first-order valence-electron chi connectivity index (χ1n) is 5.18. The van der Waals surface area contributed by atoms with Crippen molar-refractivity contribution in [2.24, 2.45) is 11.7 Å². The van der Waals surface area contributed by atoms with Gasteiger partial charge in [0.1, 0.15) is 5.75 Å². The molecular formula is C12H19NOS. The number of methoxy groups -OCH3 is 1. The van der Waals surface area contributed by atoms with E-state index in [1.165, 1.54) is 4.90 Å². The van der Waals surface area contributed by atoms with Crippen LogP contribution in [0.2, 0.25) is 0 Å². The van der Waals surface area contributed by atoms with E-state index in [2.05, 4.69) is 26.0 Å². The molecule has 0 aliphatic rings. The number of thioether (sulfide) groups is 1. The molecule has 0 spiro atoms. The first kappa shape index (κ1) is 12.4. The zero-order valence-corrected chi connectivity index (χ0v) is 10.4. The number of hydrogen-bond donors (Lipinski definition) is 1. The SMILES string of the molecule is COc1ccc(SC(CN)C(C)C)cc1. The van der Waals surface area contributed by atoms with Crippen molar-refractivity contribution in [2.45, 2.75) is 24.0 Å². The molecule has 1 unspecified atom stereocenters. The maximum Gasteiger partial charge on any atom is 0.118 e. The van der Waals surface area contributed by atoms with E-state index in [0.717, 1.165) is 5.75 Å². The van der Waals surface area contributed by atoms with Crippen LogP contribution in [0, 0.1) is 5.92 Å². The van der Waals surface area contributed by atoms with Gasteiger partial charge in [-0.15, -0.1) is 11.8 Å². The molecule has 0 amide bonds. The predicted octanol–water partition coefficient (Wildman–Crippen LogP) is 2.77. The van der Waals surface area contributed by atoms with E-state index in [9.17, 15) is 0 Å². The van der Waals surface area contributed by atoms with E-state index in [4.69, 9.17) is 10.5 Å². The second-order valence-corrected chi connectivity index (χ2v) is 5.12. The Hall–Kier alpha value is -0.670. The van der Waals surface area contributed by atoms with Crippen LogP contribution >= 0.6 is 11.8 Å². The Morgan fingerprint density at radius 2 is 1.87 bits per heavy atom. The molecule has 1 atom stereocenters. The summed E-state index contributed by atoms with van der Waals surface area (Å²) in [6.07, 6.45) is 0. The average Bonchev–Trinajstić information content (AvgIpc) is 2.26. The van der Waals surface area contributed by atoms with Gasteiger partial charge in [0.2, 0.25) is 0 Å². The van der Waals surface area contributed by atoms with Crippen LogP contribution in [0.1, 0.15) is 13.8 Å². The van der Waals surface area contributed by atoms with E-state index < -0.39 is 0 Å². The monoisotopic (exact) mass is 225 g/mol. The van der Waals surface area contributed by atoms with Crippen molar-refractivity contribution in [3.8, 4) is 5.75 Å². The third-order valence-electron chi connectivity index (χ3n) is 2.32. The molecule has 15 heavy (non-hydrogen) atoms. The summed E-state index contributed by atoms with van der Waals surface area (Å²) in [7, 11) is 1.68. The average molecular weight is 225 g/mol. The van der Waals surface area contributed by atoms with Crippen molar-refractivity contribution in [1.82, 2.24) is 0 Å². The van der Waals surface area contributed by atoms with E-state index in [1.54, 1.807) is 7.11 Å². The summed E-state index contributed by atoms with van der Waals surface area (Å²) < 4.78 is 5.11. The topological polar surface area (TPSA) is 35.2 Å². The molecule has 0 bridgehead atoms. The summed E-state index contributed by atoms with van der Waals surface area (Å²) in [6.45, 7) is 5.12. The molecule has 0 aliphatic carbocycles. The molecule has 2 N–H and O–H groups in total. The third kappa shape index (κ3) is 3.76. The molecule has 1 rings (SSSR count). The Balaban J connectivity index is 2.63. The van der Waals surface area contributed by atoms with Gasteiger partial charge in [-0.2, -0.15) is 0 Å². The largest absolute Gasteiger partial charge is 0.497 e. The quantitative estimate of drug-likeness (QED) is 0.783. The van der Waals surface area contributed by atoms with Crippen molar-refractivity contribution < 1.29 is 4.74 Å². The highest BCUT2D eigenvalue weighted by atomic mass is 32.2. The standard InChI is InChI=1S/C12H19NOS/c1-9(2)12(8-13)15-11-6-4-10(14-3)5-7-11/h4-7,9,12H,8,13H2,1-3H3. The predicted molar refractivity (Wildman–Crippen MR) is 66.5 cm³/mol. The molecule has 3 heteroatoms. The molecule has 0 saturated heterocycles. The molecule has 0 heterocycles. The number of benzene rings is 1. The number of rotatable bonds is 5. The molecule has 1 aromatic carbocycles. The fourth-order valence-corrected chi connectivity index (χ4v) is 2.30. The molecular weight excluding hydrogens is 206 g/mol. The first-order chi connectivity index (χ1) is 7.17. The van der Waals surface area contributed by atoms with Gasteiger partial charge in [0.15, 0.2) is 0 Å². The van der Waals surface area contributed by atoms with Crippen LogP contribution in [0.3, 0.4) is 0 Å². The minimum Gasteiger partial charge on any atom is -0.497 e. The Kier molecular flexibility index (Phi) is 4.99. The Bertz CT molecular complexity index is 284. The van der Waals surface area contributed by atoms with Crippen molar-refractivity contribution in [3.05, 3.63) is 24.3 Å². The van der Waals surface area contributed by atoms with Crippen LogP contribution in [-0.4, -0.2) is 18.9 Å². The second-order valence-electron chi connectivity index (χ2n) is 3.81. The maximum absolute atomic E-state index is 5.73. The summed E-state index contributed by atoms with van der Waals surface area (Å²) in [5, 5.41) is 0.485. The minimum absolute atomic E-state index is 0.485. The van der Waals surface area contributed by atoms with Crippen LogP contribution < -0.4 is 10.5 Å². The van der Waals surface area contributed by atoms with Crippen LogP contribution in [-0.2, 0) is 0 Å². The lowest BCUT2D eigenvalue weighted by Gasteiger charge is -2.18. The van der Waals surface area contributed by atoms with Crippen molar-refractivity contribution in [2.75, 3.05) is 13.7 Å². The van der Waals surface area contributed by atoms with E-state index in [0.29, 0.717) is 17.7 Å². The highest BCUT2D eigenvalue weighted by Crippen LogP contribution is 2.28. The lowest BCUT2D eigenvalue weighted by atomic mass is 10.1. The summed E-state index contributed by atoms with van der Waals surface area (Å²) >= 11 is 1.84. The fraction of sp³-hybridized carbons (Fsp3) is 0.500. The van der Waals surface area contributed by atoms with Crippen LogP contribution in [0.15, 0.2) is 29.2 Å². The van der Waals surface area contributed by atoms with Gasteiger partial charge in [0, 0.05) is 16.7 Å². The molecule has 2 nitrogen and oxygen atoms in total. The molecule has 0 aliphatic heterocycles. The van der Waals surface area contributed by atoms with E-state index in [-0.39, 0.29) is 0 Å². The zero-order chi connectivity index (χ0) is 11.3. The second kappa shape index (κ2) is 6.03. The Morgan fingerprint density at radius 1 is 1.27 bits per heavy atom. The lowest BCUT2D eigenvalue weighted by Crippen LogP contribution is -2.22. The summed E-state index contributed by atoms with van der Waals surface area (Å²) in [4.78, 5) is 1.25. The number of ether oxygens (including phenoxy) is 1. The van der Waals surface area contributed by atoms with Gasteiger partial charge in [-0.3, -0.25) is 0 Å². The molecule has 0 fully saturated rings. The molecule has 0 radical (unpaired) electrons. The summed E-state index contributed by atoms with van der Waals surface area (Å²) in [5.41, 5.74) is 5.73. The van der Waals surface area contributed by atoms with Gasteiger partial charge in [-0.05, 0) is 30.2 Å². The number of nitrogens with two attached hydrogens (primary N) is 1. The van der Waals surface area contributed by atoms with Gasteiger partial charge in [-0.25, -0.2) is 0 Å². The van der Waals surface area contributed by atoms with Gasteiger partial charge in [-0.1, -0.05) is 13.8 Å². The first-order valence-corrected chi connectivity index (χ1v) is 6.06. The van der Waals surface area contributed by atoms with Gasteiger partial charge in [0.05, 0.1) is 7.11 Å². The highest BCUT2D eigenvalue weighted by Gasteiger charge is 2.12. The fourth-order valence-electron chi connectivity index (χ4n) is 1.29. The zero-order valence-electron chi connectivity index (χ0n) is 9.57. The third-order valence-corrected chi connectivity index (χ3v) is 3.91. The van der Waals surface area contributed by atoms with E-state index >= 15 is 0 Å². The summed E-state index contributed by atoms with van der Waals surface area (Å²) in [6, 6.07) is 8.12. The van der Waals surface area contributed by atoms with Crippen LogP contribution in [0.25, 0.3) is 0 Å². The minimum atomic E-state index is 0.485. The number of hydrogen-bond acceptors (Lipinski definition) is 3. The van der Waals surface area contributed by atoms with Crippen LogP contribution in [0.5, 0.6) is 5.75 Å². The van der Waals surface area contributed by atoms with Crippen molar-refractivity contribution in [3.63, 3.8) is 0 Å². The smallest absolute Gasteiger partial charge is 0.118 e. The lowest BCUT2D eigenvalue weighted by molar-refractivity contribution is 0.414. The summed E-state index contributed by atoms with van der Waals surface area (Å²) in [5.74, 6) is 1.50. The van der Waals surface area contributed by atoms with Crippen molar-refractivity contribution in [1.29, 1.82) is 0 Å². The van der Waals surface area contributed by atoms with Crippen molar-refractivity contribution >= 4 is 11.8 Å². The normalized spacial score (nSPS) is 12.9. The van der Waals surface area contributed by atoms with E-state index in [1.807, 2.05) is 23.9 Å². The molecule has 0 aromatic heterocycles. The van der Waals surface area contributed by atoms with Crippen LogP contribution in [0.4, 0.5) is 0 Å². The highest BCUT2D eigenvalue weighted by molar-refractivity contribution is 8.00. The van der Waals surface area contributed by atoms with Gasteiger partial charge >= 0.3 is 0 Å². The molecule has 1 aromatic rings.